The average Bonchev–Trinajstić information content (AvgIpc) is 2.50. The molecule has 12 heteroatoms. The lowest BCUT2D eigenvalue weighted by molar-refractivity contribution is -0.141. The molecule has 0 spiro atoms. The Morgan fingerprint density at radius 1 is 0.923 bits per heavy atom. The van der Waals surface area contributed by atoms with Gasteiger partial charge in [-0.25, -0.2) is 0 Å². The second kappa shape index (κ2) is 10.2. The molecule has 0 aliphatic carbocycles. The maximum atomic E-state index is 12.0. The first-order valence-corrected chi connectivity index (χ1v) is 10.2. The van der Waals surface area contributed by atoms with Crippen molar-refractivity contribution >= 4 is 31.1 Å². The number of carbonyl (C=O) groups is 4. The Morgan fingerprint density at radius 3 is 1.69 bits per heavy atom. The molecule has 0 rings (SSSR count). The summed E-state index contributed by atoms with van der Waals surface area (Å²) in [4.78, 5) is 55.6. The SMILES string of the molecule is C[C@H](NC(=O)[C@H](C)NC(=O)[C@H](C)NC(=O)[C@@H](N)CCP(C)(=O)O)C(=O)O. The summed E-state index contributed by atoms with van der Waals surface area (Å²) in [6.45, 7) is 5.18. The zero-order chi connectivity index (χ0) is 20.7. The number of carboxylic acids is 1. The van der Waals surface area contributed by atoms with E-state index in [0.29, 0.717) is 0 Å². The monoisotopic (exact) mass is 394 g/mol. The van der Waals surface area contributed by atoms with E-state index in [1.807, 2.05) is 0 Å². The van der Waals surface area contributed by atoms with E-state index < -0.39 is 55.2 Å². The van der Waals surface area contributed by atoms with Crippen LogP contribution in [0, 0.1) is 0 Å². The summed E-state index contributed by atoms with van der Waals surface area (Å²) in [5, 5.41) is 15.6. The van der Waals surface area contributed by atoms with Crippen LogP contribution < -0.4 is 21.7 Å². The number of rotatable bonds is 10. The highest BCUT2D eigenvalue weighted by atomic mass is 31.2. The van der Waals surface area contributed by atoms with Crippen molar-refractivity contribution in [3.63, 3.8) is 0 Å². The van der Waals surface area contributed by atoms with E-state index in [1.54, 1.807) is 0 Å². The lowest BCUT2D eigenvalue weighted by Crippen LogP contribution is -2.55. The molecule has 5 atom stereocenters. The Bertz CT molecular complexity index is 592. The largest absolute Gasteiger partial charge is 0.480 e. The molecule has 0 heterocycles. The molecule has 0 saturated heterocycles. The summed E-state index contributed by atoms with van der Waals surface area (Å²) in [7, 11) is -3.29. The summed E-state index contributed by atoms with van der Waals surface area (Å²) in [6.07, 6.45) is -0.141. The molecular weight excluding hydrogens is 367 g/mol. The lowest BCUT2D eigenvalue weighted by atomic mass is 10.2. The fourth-order valence-electron chi connectivity index (χ4n) is 1.70. The smallest absolute Gasteiger partial charge is 0.325 e. The van der Waals surface area contributed by atoms with Crippen molar-refractivity contribution in [2.45, 2.75) is 51.4 Å². The van der Waals surface area contributed by atoms with Crippen LogP contribution >= 0.6 is 7.37 Å². The molecule has 0 fully saturated rings. The molecule has 26 heavy (non-hydrogen) atoms. The molecule has 0 aromatic rings. The highest BCUT2D eigenvalue weighted by Gasteiger charge is 2.25. The third-order valence-electron chi connectivity index (χ3n) is 3.43. The van der Waals surface area contributed by atoms with Gasteiger partial charge in [0.05, 0.1) is 6.04 Å². The number of nitrogens with one attached hydrogen (secondary N) is 3. The van der Waals surface area contributed by atoms with Crippen LogP contribution in [0.1, 0.15) is 27.2 Å². The van der Waals surface area contributed by atoms with Crippen molar-refractivity contribution in [1.29, 1.82) is 0 Å². The van der Waals surface area contributed by atoms with Crippen LogP contribution in [0.25, 0.3) is 0 Å². The Morgan fingerprint density at radius 2 is 1.31 bits per heavy atom. The summed E-state index contributed by atoms with van der Waals surface area (Å²) < 4.78 is 11.2. The van der Waals surface area contributed by atoms with E-state index in [1.165, 1.54) is 20.8 Å². The molecule has 0 saturated carbocycles. The van der Waals surface area contributed by atoms with Gasteiger partial charge < -0.3 is 31.7 Å². The summed E-state index contributed by atoms with van der Waals surface area (Å²) in [5.41, 5.74) is 5.61. The molecule has 7 N–H and O–H groups in total. The summed E-state index contributed by atoms with van der Waals surface area (Å²) in [5.74, 6) is -3.24. The van der Waals surface area contributed by atoms with Crippen LogP contribution in [-0.4, -0.2) is 70.7 Å². The first kappa shape index (κ1) is 24.0. The van der Waals surface area contributed by atoms with Gasteiger partial charge in [0.2, 0.25) is 17.7 Å². The molecular formula is C14H27N4O7P. The van der Waals surface area contributed by atoms with Crippen molar-refractivity contribution < 1.29 is 33.7 Å². The topological polar surface area (TPSA) is 188 Å². The quantitative estimate of drug-likeness (QED) is 0.234. The third kappa shape index (κ3) is 9.50. The van der Waals surface area contributed by atoms with Crippen molar-refractivity contribution in [2.75, 3.05) is 12.8 Å². The van der Waals surface area contributed by atoms with Gasteiger partial charge in [0.25, 0.3) is 0 Å². The van der Waals surface area contributed by atoms with Crippen molar-refractivity contribution in [2.24, 2.45) is 5.73 Å². The molecule has 1 unspecified atom stereocenters. The maximum absolute atomic E-state index is 12.0. The number of amides is 3. The molecule has 11 nitrogen and oxygen atoms in total. The van der Waals surface area contributed by atoms with Gasteiger partial charge >= 0.3 is 5.97 Å². The molecule has 0 aliphatic heterocycles. The lowest BCUT2D eigenvalue weighted by Gasteiger charge is -2.20. The highest BCUT2D eigenvalue weighted by Crippen LogP contribution is 2.35. The van der Waals surface area contributed by atoms with Crippen LogP contribution in [-0.2, 0) is 23.7 Å². The standard InChI is InChI=1S/C14H27N4O7P/c1-7(12(20)18-9(3)14(22)23)16-11(19)8(2)17-13(21)10(15)5-6-26(4,24)25/h7-10H,5-6,15H2,1-4H3,(H,16,19)(H,17,21)(H,18,20)(H,22,23)(H,24,25)/t7-,8-,9-,10-/m0/s1. The second-order valence-electron chi connectivity index (χ2n) is 6.20. The number of carboxylic acid groups (broad SMARTS) is 1. The first-order valence-electron chi connectivity index (χ1n) is 7.93. The Kier molecular flexibility index (Phi) is 9.47. The minimum Gasteiger partial charge on any atom is -0.480 e. The number of carbonyl (C=O) groups excluding carboxylic acids is 3. The maximum Gasteiger partial charge on any atom is 0.325 e. The third-order valence-corrected chi connectivity index (χ3v) is 4.51. The second-order valence-corrected chi connectivity index (χ2v) is 8.75. The van der Waals surface area contributed by atoms with E-state index in [-0.39, 0.29) is 12.6 Å². The normalized spacial score (nSPS) is 17.8. The number of hydrogen-bond acceptors (Lipinski definition) is 6. The summed E-state index contributed by atoms with van der Waals surface area (Å²) in [6, 6.07) is -4.19. The van der Waals surface area contributed by atoms with Gasteiger partial charge in [-0.3, -0.25) is 23.7 Å². The van der Waals surface area contributed by atoms with Crippen LogP contribution in [0.5, 0.6) is 0 Å². The van der Waals surface area contributed by atoms with E-state index >= 15 is 0 Å². The zero-order valence-electron chi connectivity index (χ0n) is 15.2. The minimum atomic E-state index is -3.29. The predicted molar refractivity (Wildman–Crippen MR) is 93.7 cm³/mol. The van der Waals surface area contributed by atoms with E-state index in [4.69, 9.17) is 10.8 Å². The highest BCUT2D eigenvalue weighted by molar-refractivity contribution is 7.57. The minimum absolute atomic E-state index is 0.0175. The Hall–Kier alpha value is -1.97. The molecule has 0 aromatic carbocycles. The van der Waals surface area contributed by atoms with Gasteiger partial charge in [-0.1, -0.05) is 0 Å². The average molecular weight is 394 g/mol. The number of aliphatic carboxylic acids is 1. The molecule has 3 amide bonds. The predicted octanol–water partition coefficient (Wildman–Crippen LogP) is -1.80. The molecule has 0 aliphatic rings. The fraction of sp³-hybridized carbons (Fsp3) is 0.714. The zero-order valence-corrected chi connectivity index (χ0v) is 16.1. The van der Waals surface area contributed by atoms with Crippen LogP contribution in [0.4, 0.5) is 0 Å². The van der Waals surface area contributed by atoms with Crippen LogP contribution in [0.15, 0.2) is 0 Å². The van der Waals surface area contributed by atoms with Gasteiger partial charge in [0.15, 0.2) is 7.37 Å². The van der Waals surface area contributed by atoms with E-state index in [0.717, 1.165) is 6.66 Å². The summed E-state index contributed by atoms with van der Waals surface area (Å²) >= 11 is 0. The van der Waals surface area contributed by atoms with Gasteiger partial charge in [-0.15, -0.1) is 0 Å². The van der Waals surface area contributed by atoms with Crippen molar-refractivity contribution in [3.8, 4) is 0 Å². The molecule has 0 radical (unpaired) electrons. The van der Waals surface area contributed by atoms with E-state index in [2.05, 4.69) is 16.0 Å². The van der Waals surface area contributed by atoms with Crippen LogP contribution in [0.3, 0.4) is 0 Å². The van der Waals surface area contributed by atoms with Gasteiger partial charge in [-0.2, -0.15) is 0 Å². The van der Waals surface area contributed by atoms with Gasteiger partial charge in [-0.05, 0) is 27.2 Å². The first-order chi connectivity index (χ1) is 11.7. The Balaban J connectivity index is 4.49. The van der Waals surface area contributed by atoms with Crippen molar-refractivity contribution in [1.82, 2.24) is 16.0 Å². The molecule has 150 valence electrons. The van der Waals surface area contributed by atoms with Crippen molar-refractivity contribution in [3.05, 3.63) is 0 Å². The van der Waals surface area contributed by atoms with Gasteiger partial charge in [0.1, 0.15) is 18.1 Å². The number of hydrogen-bond donors (Lipinski definition) is 6. The number of nitrogens with two attached hydrogens (primary N) is 1. The Labute approximate surface area is 151 Å². The van der Waals surface area contributed by atoms with E-state index in [9.17, 15) is 28.6 Å². The fourth-order valence-corrected chi connectivity index (χ4v) is 2.46. The molecule has 0 bridgehead atoms. The molecule has 0 aromatic heterocycles. The van der Waals surface area contributed by atoms with Crippen LogP contribution in [0.2, 0.25) is 0 Å². The van der Waals surface area contributed by atoms with Gasteiger partial charge in [0, 0.05) is 12.8 Å².